The van der Waals surface area contributed by atoms with Crippen LogP contribution in [-0.2, 0) is 0 Å². The van der Waals surface area contributed by atoms with E-state index in [0.29, 0.717) is 0 Å². The summed E-state index contributed by atoms with van der Waals surface area (Å²) in [4.78, 5) is 7.69. The molecule has 2 heterocycles. The van der Waals surface area contributed by atoms with Gasteiger partial charge in [-0.25, -0.2) is 4.98 Å². The summed E-state index contributed by atoms with van der Waals surface area (Å²) in [5.41, 5.74) is 11.0. The highest BCUT2D eigenvalue weighted by Gasteiger charge is 2.25. The molecule has 0 saturated carbocycles. The van der Waals surface area contributed by atoms with Gasteiger partial charge in [-0.3, -0.25) is 4.57 Å². The molecule has 258 valence electrons. The molecule has 11 aromatic rings. The zero-order chi connectivity index (χ0) is 36.3. The van der Waals surface area contributed by atoms with Crippen molar-refractivity contribution in [1.29, 1.82) is 0 Å². The minimum absolute atomic E-state index is 0.923. The van der Waals surface area contributed by atoms with E-state index < -0.39 is 0 Å². The Balaban J connectivity index is 1.27. The van der Waals surface area contributed by atoms with Crippen LogP contribution >= 0.6 is 0 Å². The van der Waals surface area contributed by atoms with E-state index in [-0.39, 0.29) is 0 Å². The normalized spacial score (nSPS) is 11.6. The Morgan fingerprint density at radius 2 is 0.836 bits per heavy atom. The molecule has 0 amide bonds. The Morgan fingerprint density at radius 3 is 1.47 bits per heavy atom. The van der Waals surface area contributed by atoms with Crippen LogP contribution in [-0.4, -0.2) is 14.1 Å². The van der Waals surface area contributed by atoms with E-state index in [1.54, 1.807) is 0 Å². The summed E-state index contributed by atoms with van der Waals surface area (Å²) in [6.45, 7) is 0. The maximum absolute atomic E-state index is 5.38. The SMILES string of the molecule is c1ccc(-c2nc3ccc4c(c5c6ccccc6c6ccccc6c5n4-c4ccc(N(c5ccccc5)c5ccccc5)cc4)c3n2-c2ccccc2)cc1. The molecule has 0 unspecified atom stereocenters. The molecule has 0 bridgehead atoms. The molecule has 4 nitrogen and oxygen atoms in total. The third-order valence-corrected chi connectivity index (χ3v) is 10.9. The third-order valence-electron chi connectivity index (χ3n) is 10.9. The molecule has 0 aliphatic carbocycles. The van der Waals surface area contributed by atoms with Gasteiger partial charge in [0.15, 0.2) is 0 Å². The van der Waals surface area contributed by atoms with Crippen LogP contribution in [0.5, 0.6) is 0 Å². The number of benzene rings is 9. The van der Waals surface area contributed by atoms with Crippen LogP contribution in [0.15, 0.2) is 206 Å². The van der Waals surface area contributed by atoms with Gasteiger partial charge in [-0.05, 0) is 89.0 Å². The highest BCUT2D eigenvalue weighted by atomic mass is 15.1. The maximum atomic E-state index is 5.38. The van der Waals surface area contributed by atoms with Crippen molar-refractivity contribution in [3.8, 4) is 22.8 Å². The summed E-state index contributed by atoms with van der Waals surface area (Å²) < 4.78 is 4.84. The average molecular weight is 703 g/mol. The monoisotopic (exact) mass is 702 g/mol. The first-order chi connectivity index (χ1) is 27.3. The fraction of sp³-hybridized carbons (Fsp3) is 0. The molecule has 2 aromatic heterocycles. The molecule has 55 heavy (non-hydrogen) atoms. The summed E-state index contributed by atoms with van der Waals surface area (Å²) in [7, 11) is 0. The van der Waals surface area contributed by atoms with Crippen molar-refractivity contribution in [2.24, 2.45) is 0 Å². The summed E-state index contributed by atoms with van der Waals surface area (Å²) >= 11 is 0. The maximum Gasteiger partial charge on any atom is 0.145 e. The Labute approximate surface area is 318 Å². The van der Waals surface area contributed by atoms with Crippen molar-refractivity contribution in [3.63, 3.8) is 0 Å². The zero-order valence-electron chi connectivity index (χ0n) is 29.9. The molecule has 0 atom stereocenters. The average Bonchev–Trinajstić information content (AvgIpc) is 3.83. The number of hydrogen-bond donors (Lipinski definition) is 0. The first kappa shape index (κ1) is 31.1. The third kappa shape index (κ3) is 4.89. The largest absolute Gasteiger partial charge is 0.311 e. The van der Waals surface area contributed by atoms with Crippen LogP contribution in [0.2, 0.25) is 0 Å². The van der Waals surface area contributed by atoms with Gasteiger partial charge in [0.05, 0.1) is 22.1 Å². The van der Waals surface area contributed by atoms with Crippen molar-refractivity contribution in [2.75, 3.05) is 4.90 Å². The predicted octanol–water partition coefficient (Wildman–Crippen LogP) is 13.6. The van der Waals surface area contributed by atoms with E-state index >= 15 is 0 Å². The Bertz CT molecular complexity index is 3130. The van der Waals surface area contributed by atoms with E-state index in [1.165, 1.54) is 37.8 Å². The number of hydrogen-bond acceptors (Lipinski definition) is 2. The van der Waals surface area contributed by atoms with Crippen LogP contribution in [0.3, 0.4) is 0 Å². The van der Waals surface area contributed by atoms with Crippen molar-refractivity contribution in [2.45, 2.75) is 0 Å². The van der Waals surface area contributed by atoms with Crippen LogP contribution in [0.25, 0.3) is 77.1 Å². The van der Waals surface area contributed by atoms with Crippen LogP contribution in [0.1, 0.15) is 0 Å². The molecule has 0 fully saturated rings. The second-order valence-electron chi connectivity index (χ2n) is 14.0. The number of aromatic nitrogens is 3. The first-order valence-corrected chi connectivity index (χ1v) is 18.7. The van der Waals surface area contributed by atoms with Crippen molar-refractivity contribution >= 4 is 71.4 Å². The van der Waals surface area contributed by atoms with E-state index in [4.69, 9.17) is 4.98 Å². The van der Waals surface area contributed by atoms with Gasteiger partial charge < -0.3 is 9.47 Å². The van der Waals surface area contributed by atoms with E-state index in [2.05, 4.69) is 220 Å². The van der Waals surface area contributed by atoms with Gasteiger partial charge in [-0.2, -0.15) is 0 Å². The van der Waals surface area contributed by atoms with Crippen molar-refractivity contribution in [1.82, 2.24) is 14.1 Å². The lowest BCUT2D eigenvalue weighted by molar-refractivity contribution is 1.11. The molecular formula is C51H34N4. The van der Waals surface area contributed by atoms with E-state index in [9.17, 15) is 0 Å². The summed E-state index contributed by atoms with van der Waals surface area (Å²) in [5.74, 6) is 0.923. The van der Waals surface area contributed by atoms with Gasteiger partial charge in [0.1, 0.15) is 5.82 Å². The molecule has 0 saturated heterocycles. The second kappa shape index (κ2) is 12.6. The predicted molar refractivity (Wildman–Crippen MR) is 231 cm³/mol. The quantitative estimate of drug-likeness (QED) is 0.161. The Morgan fingerprint density at radius 1 is 0.345 bits per heavy atom. The molecule has 4 heteroatoms. The van der Waals surface area contributed by atoms with Gasteiger partial charge in [0, 0.05) is 50.2 Å². The smallest absolute Gasteiger partial charge is 0.145 e. The number of nitrogens with zero attached hydrogens (tertiary/aromatic N) is 4. The summed E-state index contributed by atoms with van der Waals surface area (Å²) in [6, 6.07) is 73.6. The zero-order valence-corrected chi connectivity index (χ0v) is 29.9. The van der Waals surface area contributed by atoms with Gasteiger partial charge in [0.2, 0.25) is 0 Å². The van der Waals surface area contributed by atoms with Crippen LogP contribution < -0.4 is 4.90 Å². The summed E-state index contributed by atoms with van der Waals surface area (Å²) in [6.07, 6.45) is 0. The highest BCUT2D eigenvalue weighted by Crippen LogP contribution is 2.46. The molecule has 0 aliphatic rings. The number of imidazole rings is 1. The van der Waals surface area contributed by atoms with Gasteiger partial charge in [-0.15, -0.1) is 0 Å². The van der Waals surface area contributed by atoms with E-state index in [1.807, 2.05) is 0 Å². The molecule has 0 N–H and O–H groups in total. The first-order valence-electron chi connectivity index (χ1n) is 18.7. The minimum atomic E-state index is 0.923. The molecule has 0 radical (unpaired) electrons. The lowest BCUT2D eigenvalue weighted by Crippen LogP contribution is -2.09. The fourth-order valence-corrected chi connectivity index (χ4v) is 8.55. The number of fused-ring (bicyclic) bond motifs is 10. The van der Waals surface area contributed by atoms with Gasteiger partial charge in [0.25, 0.3) is 0 Å². The fourth-order valence-electron chi connectivity index (χ4n) is 8.55. The van der Waals surface area contributed by atoms with Crippen molar-refractivity contribution in [3.05, 3.63) is 206 Å². The number of anilines is 3. The molecule has 9 aromatic carbocycles. The Hall–Kier alpha value is -7.43. The number of para-hydroxylation sites is 3. The van der Waals surface area contributed by atoms with Crippen LogP contribution in [0, 0.1) is 0 Å². The summed E-state index contributed by atoms with van der Waals surface area (Å²) in [5, 5.41) is 7.34. The molecule has 11 rings (SSSR count). The van der Waals surface area contributed by atoms with Crippen LogP contribution in [0.4, 0.5) is 17.1 Å². The standard InChI is InChI=1S/C51H34N4/c1-5-17-35(18-6-1)51-52-45-33-34-46-48(50(45)55(51)38-23-11-4-12-24-38)47-43-27-15-13-25-41(43)42-26-14-16-28-44(42)49(47)54(46)40-31-29-39(30-32-40)53(36-19-7-2-8-20-36)37-21-9-3-10-22-37/h1-34H. The second-order valence-corrected chi connectivity index (χ2v) is 14.0. The van der Waals surface area contributed by atoms with E-state index in [0.717, 1.165) is 56.4 Å². The Kier molecular flexibility index (Phi) is 7.14. The van der Waals surface area contributed by atoms with Gasteiger partial charge in [-0.1, -0.05) is 133 Å². The van der Waals surface area contributed by atoms with Gasteiger partial charge >= 0.3 is 0 Å². The minimum Gasteiger partial charge on any atom is -0.311 e. The number of rotatable bonds is 6. The van der Waals surface area contributed by atoms with Crippen molar-refractivity contribution < 1.29 is 0 Å². The molecule has 0 aliphatic heterocycles. The molecule has 0 spiro atoms. The molecular weight excluding hydrogens is 669 g/mol. The lowest BCUT2D eigenvalue weighted by atomic mass is 9.96. The topological polar surface area (TPSA) is 26.0 Å². The highest BCUT2D eigenvalue weighted by molar-refractivity contribution is 6.35. The lowest BCUT2D eigenvalue weighted by Gasteiger charge is -2.25.